The molecule has 0 heterocycles. The molecule has 0 N–H and O–H groups in total. The van der Waals surface area contributed by atoms with Crippen molar-refractivity contribution in [2.45, 2.75) is 168 Å². The van der Waals surface area contributed by atoms with E-state index in [-0.39, 0.29) is 25.8 Å². The standard InChI is InChI=1S/C39H76NO7P/c1-6-8-10-12-14-16-17-18-19-20-21-22-23-25-27-29-31-34-44-36-38(37-46-48(42,43)45-35-33-40(3,4)5)47-39(41)32-30-28-26-24-15-13-11-9-7-2/h16-17,19-20,38H,6-15,18,21-37H2,1-5H3/b17-16-,20-19-. The Hall–Kier alpha value is -1.02. The summed E-state index contributed by atoms with van der Waals surface area (Å²) in [6.45, 7) is 5.35. The van der Waals surface area contributed by atoms with Gasteiger partial charge in [-0.25, -0.2) is 0 Å². The van der Waals surface area contributed by atoms with E-state index in [1.165, 1.54) is 89.9 Å². The molecule has 48 heavy (non-hydrogen) atoms. The number of phosphoric acid groups is 1. The number of unbranched alkanes of at least 4 members (excludes halogenated alkanes) is 18. The molecule has 0 spiro atoms. The van der Waals surface area contributed by atoms with Crippen molar-refractivity contribution >= 4 is 13.8 Å². The van der Waals surface area contributed by atoms with Crippen molar-refractivity contribution in [2.24, 2.45) is 0 Å². The van der Waals surface area contributed by atoms with E-state index in [0.29, 0.717) is 24.1 Å². The van der Waals surface area contributed by atoms with Gasteiger partial charge in [-0.3, -0.25) is 9.36 Å². The van der Waals surface area contributed by atoms with Crippen molar-refractivity contribution in [1.29, 1.82) is 0 Å². The van der Waals surface area contributed by atoms with Crippen molar-refractivity contribution in [1.82, 2.24) is 0 Å². The molecular formula is C39H76NO7P. The first-order valence-electron chi connectivity index (χ1n) is 19.6. The zero-order valence-electron chi connectivity index (χ0n) is 31.9. The summed E-state index contributed by atoms with van der Waals surface area (Å²) in [5.41, 5.74) is 0. The van der Waals surface area contributed by atoms with Gasteiger partial charge in [0, 0.05) is 13.0 Å². The SMILES string of the molecule is CCCCCC/C=C\C/C=C\CCCCCCCCOCC(COP(=O)([O-])OCC[N+](C)(C)C)OC(=O)CCCCCCCCCCC. The average molecular weight is 702 g/mol. The molecule has 0 aromatic heterocycles. The molecule has 2 atom stereocenters. The Morgan fingerprint density at radius 1 is 0.646 bits per heavy atom. The van der Waals surface area contributed by atoms with Crippen LogP contribution in [0.3, 0.4) is 0 Å². The molecule has 0 saturated heterocycles. The molecule has 0 amide bonds. The van der Waals surface area contributed by atoms with Crippen LogP contribution in [0.25, 0.3) is 0 Å². The molecule has 9 heteroatoms. The fraction of sp³-hybridized carbons (Fsp3) is 0.872. The molecule has 284 valence electrons. The maximum absolute atomic E-state index is 12.5. The van der Waals surface area contributed by atoms with Crippen LogP contribution in [0.4, 0.5) is 0 Å². The smallest absolute Gasteiger partial charge is 0.306 e. The minimum absolute atomic E-state index is 0.0252. The molecule has 0 aromatic carbocycles. The van der Waals surface area contributed by atoms with Gasteiger partial charge in [0.2, 0.25) is 0 Å². The largest absolute Gasteiger partial charge is 0.756 e. The van der Waals surface area contributed by atoms with Crippen LogP contribution in [-0.4, -0.2) is 70.7 Å². The molecule has 0 radical (unpaired) electrons. The highest BCUT2D eigenvalue weighted by Gasteiger charge is 2.20. The van der Waals surface area contributed by atoms with E-state index >= 15 is 0 Å². The lowest BCUT2D eigenvalue weighted by Gasteiger charge is -2.28. The Morgan fingerprint density at radius 2 is 1.15 bits per heavy atom. The Kier molecular flexibility index (Phi) is 32.4. The van der Waals surface area contributed by atoms with E-state index in [0.717, 1.165) is 51.4 Å². The zero-order valence-corrected chi connectivity index (χ0v) is 32.8. The number of quaternary nitrogens is 1. The topological polar surface area (TPSA) is 94.1 Å². The number of hydrogen-bond donors (Lipinski definition) is 0. The van der Waals surface area contributed by atoms with Crippen LogP contribution in [0.15, 0.2) is 24.3 Å². The monoisotopic (exact) mass is 702 g/mol. The quantitative estimate of drug-likeness (QED) is 0.0211. The van der Waals surface area contributed by atoms with Crippen LogP contribution in [-0.2, 0) is 27.9 Å². The maximum atomic E-state index is 12.5. The number of ether oxygens (including phenoxy) is 2. The van der Waals surface area contributed by atoms with E-state index in [9.17, 15) is 14.3 Å². The highest BCUT2D eigenvalue weighted by Crippen LogP contribution is 2.38. The number of phosphoric ester groups is 1. The van der Waals surface area contributed by atoms with E-state index in [1.807, 2.05) is 21.1 Å². The fourth-order valence-corrected chi connectivity index (χ4v) is 5.89. The van der Waals surface area contributed by atoms with Crippen LogP contribution in [0, 0.1) is 0 Å². The lowest BCUT2D eigenvalue weighted by atomic mass is 10.1. The molecular weight excluding hydrogens is 625 g/mol. The van der Waals surface area contributed by atoms with E-state index in [1.54, 1.807) is 0 Å². The number of allylic oxidation sites excluding steroid dienone is 4. The van der Waals surface area contributed by atoms with Gasteiger partial charge < -0.3 is 27.9 Å². The molecule has 0 aliphatic rings. The normalized spacial score (nSPS) is 14.2. The third-order valence-corrected chi connectivity index (χ3v) is 9.22. The maximum Gasteiger partial charge on any atom is 0.306 e. The average Bonchev–Trinajstić information content (AvgIpc) is 3.03. The van der Waals surface area contributed by atoms with Crippen LogP contribution in [0.5, 0.6) is 0 Å². The molecule has 8 nitrogen and oxygen atoms in total. The van der Waals surface area contributed by atoms with E-state index < -0.39 is 13.9 Å². The summed E-state index contributed by atoms with van der Waals surface area (Å²) in [7, 11) is 1.35. The second kappa shape index (κ2) is 33.1. The van der Waals surface area contributed by atoms with Crippen LogP contribution < -0.4 is 4.89 Å². The Bertz CT molecular complexity index is 828. The Morgan fingerprint density at radius 3 is 1.71 bits per heavy atom. The molecule has 2 unspecified atom stereocenters. The van der Waals surface area contributed by atoms with Gasteiger partial charge in [-0.2, -0.15) is 0 Å². The molecule has 0 aromatic rings. The highest BCUT2D eigenvalue weighted by atomic mass is 31.2. The van der Waals surface area contributed by atoms with E-state index in [4.69, 9.17) is 18.5 Å². The van der Waals surface area contributed by atoms with Crippen molar-refractivity contribution in [3.05, 3.63) is 24.3 Å². The van der Waals surface area contributed by atoms with Crippen LogP contribution >= 0.6 is 7.82 Å². The summed E-state index contributed by atoms with van der Waals surface area (Å²) in [5, 5.41) is 0. The summed E-state index contributed by atoms with van der Waals surface area (Å²) in [6.07, 6.45) is 34.7. The number of rotatable bonds is 36. The number of esters is 1. The minimum atomic E-state index is -4.51. The first-order chi connectivity index (χ1) is 23.1. The van der Waals surface area contributed by atoms with Gasteiger partial charge in [0.25, 0.3) is 7.82 Å². The third-order valence-electron chi connectivity index (χ3n) is 8.26. The van der Waals surface area contributed by atoms with Gasteiger partial charge >= 0.3 is 5.97 Å². The predicted molar refractivity (Wildman–Crippen MR) is 199 cm³/mol. The lowest BCUT2D eigenvalue weighted by Crippen LogP contribution is -2.37. The van der Waals surface area contributed by atoms with Gasteiger partial charge in [-0.05, 0) is 44.9 Å². The first-order valence-corrected chi connectivity index (χ1v) is 21.0. The van der Waals surface area contributed by atoms with Gasteiger partial charge in [-0.15, -0.1) is 0 Å². The summed E-state index contributed by atoms with van der Waals surface area (Å²) in [5.74, 6) is -0.342. The van der Waals surface area contributed by atoms with Crippen molar-refractivity contribution in [3.8, 4) is 0 Å². The summed E-state index contributed by atoms with van der Waals surface area (Å²) in [6, 6.07) is 0. The number of nitrogens with zero attached hydrogens (tertiary/aromatic N) is 1. The van der Waals surface area contributed by atoms with Crippen LogP contribution in [0.2, 0.25) is 0 Å². The minimum Gasteiger partial charge on any atom is -0.756 e. The first kappa shape index (κ1) is 47.0. The highest BCUT2D eigenvalue weighted by molar-refractivity contribution is 7.45. The molecule has 0 aliphatic carbocycles. The molecule has 0 fully saturated rings. The van der Waals surface area contributed by atoms with Crippen molar-refractivity contribution < 1.29 is 37.3 Å². The summed E-state index contributed by atoms with van der Waals surface area (Å²) < 4.78 is 34.4. The van der Waals surface area contributed by atoms with Crippen molar-refractivity contribution in [3.63, 3.8) is 0 Å². The molecule has 0 saturated carbocycles. The molecule has 0 rings (SSSR count). The van der Waals surface area contributed by atoms with Crippen LogP contribution in [0.1, 0.15) is 162 Å². The van der Waals surface area contributed by atoms with Gasteiger partial charge in [0.15, 0.2) is 0 Å². The number of hydrogen-bond acceptors (Lipinski definition) is 7. The van der Waals surface area contributed by atoms with Gasteiger partial charge in [0.1, 0.15) is 19.3 Å². The Balaban J connectivity index is 4.25. The molecule has 0 aliphatic heterocycles. The zero-order chi connectivity index (χ0) is 35.6. The number of carbonyl (C=O) groups excluding carboxylic acids is 1. The number of likely N-dealkylation sites (N-methyl/N-ethyl adjacent to an activating group) is 1. The number of carbonyl (C=O) groups is 1. The third kappa shape index (κ3) is 36.3. The van der Waals surface area contributed by atoms with Gasteiger partial charge in [-0.1, -0.05) is 134 Å². The second-order valence-corrected chi connectivity index (χ2v) is 15.7. The fourth-order valence-electron chi connectivity index (χ4n) is 5.16. The summed E-state index contributed by atoms with van der Waals surface area (Å²) in [4.78, 5) is 24.8. The molecule has 0 bridgehead atoms. The summed E-state index contributed by atoms with van der Waals surface area (Å²) >= 11 is 0. The Labute approximate surface area is 296 Å². The second-order valence-electron chi connectivity index (χ2n) is 14.3. The predicted octanol–water partition coefficient (Wildman–Crippen LogP) is 10.2. The van der Waals surface area contributed by atoms with Crippen molar-refractivity contribution in [2.75, 3.05) is 54.1 Å². The van der Waals surface area contributed by atoms with Gasteiger partial charge in [0.05, 0.1) is 34.4 Å². The lowest BCUT2D eigenvalue weighted by molar-refractivity contribution is -0.870. The van der Waals surface area contributed by atoms with E-state index in [2.05, 4.69) is 38.2 Å².